The fraction of sp³-hybridized carbons (Fsp3) is 0.450. The molecule has 0 saturated carbocycles. The number of nitrogens with zero attached hydrogens (tertiary/aromatic N) is 3. The van der Waals surface area contributed by atoms with Crippen LogP contribution in [0.4, 0.5) is 5.82 Å². The highest BCUT2D eigenvalue weighted by Crippen LogP contribution is 2.27. The molecule has 2 aromatic rings. The number of hydrogen-bond donors (Lipinski definition) is 1. The van der Waals surface area contributed by atoms with Crippen LogP contribution in [0.3, 0.4) is 0 Å². The van der Waals surface area contributed by atoms with Crippen LogP contribution in [-0.2, 0) is 16.1 Å². The van der Waals surface area contributed by atoms with Crippen molar-refractivity contribution in [3.63, 3.8) is 0 Å². The van der Waals surface area contributed by atoms with E-state index >= 15 is 0 Å². The van der Waals surface area contributed by atoms with Gasteiger partial charge in [0.25, 0.3) is 0 Å². The lowest BCUT2D eigenvalue weighted by molar-refractivity contribution is -0.126. The number of anilines is 1. The average molecular weight is 354 g/mol. The predicted molar refractivity (Wildman–Crippen MR) is 101 cm³/mol. The van der Waals surface area contributed by atoms with Crippen LogP contribution in [0.15, 0.2) is 36.8 Å². The van der Waals surface area contributed by atoms with Crippen LogP contribution in [0, 0.1) is 25.7 Å². The summed E-state index contributed by atoms with van der Waals surface area (Å²) in [6.07, 6.45) is 3.26. The molecule has 0 bridgehead atoms. The Labute approximate surface area is 154 Å². The number of methoxy groups -OCH3 is 1. The lowest BCUT2D eigenvalue weighted by atomic mass is 9.96. The second kappa shape index (κ2) is 8.27. The van der Waals surface area contributed by atoms with Crippen LogP contribution < -0.4 is 10.2 Å². The highest BCUT2D eigenvalue weighted by atomic mass is 16.5. The van der Waals surface area contributed by atoms with Gasteiger partial charge in [-0.25, -0.2) is 9.97 Å². The first kappa shape index (κ1) is 18.3. The first-order valence-electron chi connectivity index (χ1n) is 8.92. The molecule has 0 spiro atoms. The summed E-state index contributed by atoms with van der Waals surface area (Å²) in [7, 11) is 1.68. The van der Waals surface area contributed by atoms with Gasteiger partial charge in [0.2, 0.25) is 5.91 Å². The summed E-state index contributed by atoms with van der Waals surface area (Å²) in [5, 5.41) is 3.12. The molecule has 1 aliphatic rings. The number of benzene rings is 1. The minimum Gasteiger partial charge on any atom is -0.384 e. The standard InChI is InChI=1S/C20H26N4O2/c1-14-4-5-15(2)16(8-14)9-22-20(25)18-11-24(10-17(18)12-26-3)19-6-7-21-13-23-19/h4-8,13,17-18H,9-12H2,1-3H3,(H,22,25)/t17-,18+/m0/s1. The molecule has 26 heavy (non-hydrogen) atoms. The van der Waals surface area contributed by atoms with Gasteiger partial charge in [0.1, 0.15) is 12.1 Å². The molecule has 0 aliphatic carbocycles. The monoisotopic (exact) mass is 354 g/mol. The van der Waals surface area contributed by atoms with Gasteiger partial charge in [0.05, 0.1) is 12.5 Å². The minimum absolute atomic E-state index is 0.0736. The number of hydrogen-bond acceptors (Lipinski definition) is 5. The summed E-state index contributed by atoms with van der Waals surface area (Å²) in [6, 6.07) is 8.19. The number of aromatic nitrogens is 2. The summed E-state index contributed by atoms with van der Waals surface area (Å²) in [5.41, 5.74) is 3.55. The van der Waals surface area contributed by atoms with Crippen LogP contribution >= 0.6 is 0 Å². The number of ether oxygens (including phenoxy) is 1. The molecule has 1 aliphatic heterocycles. The first-order chi connectivity index (χ1) is 12.6. The largest absolute Gasteiger partial charge is 0.384 e. The zero-order valence-electron chi connectivity index (χ0n) is 15.6. The molecule has 1 fully saturated rings. The maximum atomic E-state index is 12.9. The Morgan fingerprint density at radius 3 is 2.88 bits per heavy atom. The highest BCUT2D eigenvalue weighted by molar-refractivity contribution is 5.80. The first-order valence-corrected chi connectivity index (χ1v) is 8.92. The van der Waals surface area contributed by atoms with Crippen molar-refractivity contribution in [1.82, 2.24) is 15.3 Å². The maximum Gasteiger partial charge on any atom is 0.225 e. The molecule has 6 nitrogen and oxygen atoms in total. The number of aryl methyl sites for hydroxylation is 2. The van der Waals surface area contributed by atoms with E-state index in [9.17, 15) is 4.79 Å². The molecule has 2 heterocycles. The summed E-state index contributed by atoms with van der Waals surface area (Å²) in [5.74, 6) is 0.957. The molecular weight excluding hydrogens is 328 g/mol. The maximum absolute atomic E-state index is 12.9. The van der Waals surface area contributed by atoms with Gasteiger partial charge < -0.3 is 15.0 Å². The Bertz CT molecular complexity index is 751. The molecule has 6 heteroatoms. The molecule has 3 rings (SSSR count). The fourth-order valence-corrected chi connectivity index (χ4v) is 3.51. The summed E-state index contributed by atoms with van der Waals surface area (Å²) in [6.45, 7) is 6.65. The van der Waals surface area contributed by atoms with E-state index in [0.717, 1.165) is 17.9 Å². The summed E-state index contributed by atoms with van der Waals surface area (Å²) >= 11 is 0. The zero-order chi connectivity index (χ0) is 18.5. The van der Waals surface area contributed by atoms with Gasteiger partial charge >= 0.3 is 0 Å². The SMILES string of the molecule is COC[C@@H]1CN(c2ccncn2)C[C@H]1C(=O)NCc1cc(C)ccc1C. The normalized spacial score (nSPS) is 19.6. The van der Waals surface area contributed by atoms with Crippen molar-refractivity contribution in [3.05, 3.63) is 53.5 Å². The van der Waals surface area contributed by atoms with Crippen molar-refractivity contribution in [2.75, 3.05) is 31.7 Å². The third-order valence-electron chi connectivity index (χ3n) is 5.01. The third-order valence-corrected chi connectivity index (χ3v) is 5.01. The molecule has 2 atom stereocenters. The number of carbonyl (C=O) groups is 1. The van der Waals surface area contributed by atoms with E-state index < -0.39 is 0 Å². The molecule has 138 valence electrons. The fourth-order valence-electron chi connectivity index (χ4n) is 3.51. The second-order valence-electron chi connectivity index (χ2n) is 6.94. The smallest absolute Gasteiger partial charge is 0.225 e. The van der Waals surface area contributed by atoms with Crippen LogP contribution in [0.1, 0.15) is 16.7 Å². The number of rotatable bonds is 6. The molecule has 1 N–H and O–H groups in total. The van der Waals surface area contributed by atoms with Crippen LogP contribution in [0.5, 0.6) is 0 Å². The zero-order valence-corrected chi connectivity index (χ0v) is 15.6. The van der Waals surface area contributed by atoms with Crippen LogP contribution in [0.2, 0.25) is 0 Å². The molecule has 1 amide bonds. The average Bonchev–Trinajstić information content (AvgIpc) is 3.07. The van der Waals surface area contributed by atoms with Gasteiger partial charge in [0, 0.05) is 38.9 Å². The van der Waals surface area contributed by atoms with Crippen LogP contribution in [0.25, 0.3) is 0 Å². The lowest BCUT2D eigenvalue weighted by Crippen LogP contribution is -2.36. The number of nitrogens with one attached hydrogen (secondary N) is 1. The Hall–Kier alpha value is -2.47. The van der Waals surface area contributed by atoms with Crippen molar-refractivity contribution >= 4 is 11.7 Å². The molecule has 1 aromatic carbocycles. The van der Waals surface area contributed by atoms with Gasteiger partial charge in [-0.05, 0) is 31.0 Å². The summed E-state index contributed by atoms with van der Waals surface area (Å²) < 4.78 is 5.35. The van der Waals surface area contributed by atoms with E-state index in [1.165, 1.54) is 17.5 Å². The Morgan fingerprint density at radius 2 is 2.15 bits per heavy atom. The predicted octanol–water partition coefficient (Wildman–Crippen LogP) is 2.11. The van der Waals surface area contributed by atoms with Crippen LogP contribution in [-0.4, -0.2) is 42.7 Å². The van der Waals surface area contributed by atoms with Gasteiger partial charge in [-0.15, -0.1) is 0 Å². The van der Waals surface area contributed by atoms with E-state index in [1.807, 2.05) is 6.07 Å². The molecule has 1 saturated heterocycles. The van der Waals surface area contributed by atoms with Crippen molar-refractivity contribution in [2.45, 2.75) is 20.4 Å². The van der Waals surface area contributed by atoms with Crippen molar-refractivity contribution in [2.24, 2.45) is 11.8 Å². The Kier molecular flexibility index (Phi) is 5.83. The Balaban J connectivity index is 1.67. The van der Waals surface area contributed by atoms with Gasteiger partial charge in [-0.2, -0.15) is 0 Å². The highest BCUT2D eigenvalue weighted by Gasteiger charge is 2.38. The van der Waals surface area contributed by atoms with E-state index in [2.05, 4.69) is 52.2 Å². The summed E-state index contributed by atoms with van der Waals surface area (Å²) in [4.78, 5) is 23.3. The van der Waals surface area contributed by atoms with Gasteiger partial charge in [-0.1, -0.05) is 23.8 Å². The van der Waals surface area contributed by atoms with Crippen molar-refractivity contribution in [1.29, 1.82) is 0 Å². The van der Waals surface area contributed by atoms with E-state index in [-0.39, 0.29) is 17.7 Å². The van der Waals surface area contributed by atoms with Crippen molar-refractivity contribution in [3.8, 4) is 0 Å². The quantitative estimate of drug-likeness (QED) is 0.861. The second-order valence-corrected chi connectivity index (χ2v) is 6.94. The van der Waals surface area contributed by atoms with E-state index in [0.29, 0.717) is 19.7 Å². The topological polar surface area (TPSA) is 67.3 Å². The van der Waals surface area contributed by atoms with Gasteiger partial charge in [0.15, 0.2) is 0 Å². The van der Waals surface area contributed by atoms with Gasteiger partial charge in [-0.3, -0.25) is 4.79 Å². The lowest BCUT2D eigenvalue weighted by Gasteiger charge is -2.17. The van der Waals surface area contributed by atoms with E-state index in [4.69, 9.17) is 4.74 Å². The third kappa shape index (κ3) is 4.19. The minimum atomic E-state index is -0.116. The van der Waals surface area contributed by atoms with E-state index in [1.54, 1.807) is 13.3 Å². The molecule has 0 unspecified atom stereocenters. The van der Waals surface area contributed by atoms with Crippen molar-refractivity contribution < 1.29 is 9.53 Å². The number of carbonyl (C=O) groups excluding carboxylic acids is 1. The molecular formula is C20H26N4O2. The molecule has 1 aromatic heterocycles. The molecule has 0 radical (unpaired) electrons. The number of amides is 1. The Morgan fingerprint density at radius 1 is 1.31 bits per heavy atom.